The molecule has 3 aliphatic heterocycles. The highest BCUT2D eigenvalue weighted by molar-refractivity contribution is 6.05. The van der Waals surface area contributed by atoms with Crippen LogP contribution in [0, 0.1) is 5.92 Å². The maximum atomic E-state index is 12.9. The fourth-order valence-corrected chi connectivity index (χ4v) is 5.79. The second kappa shape index (κ2) is 8.91. The number of hydrogen-bond acceptors (Lipinski definition) is 5. The van der Waals surface area contributed by atoms with Crippen LogP contribution in [0.3, 0.4) is 0 Å². The number of fused-ring (bicyclic) bond motifs is 4. The fraction of sp³-hybridized carbons (Fsp3) is 0.429. The standard InChI is InChI=1S/C28H33N5O/c1-31-14-16-32(17-15-31)24-10-4-21(5-11-24)28(34)29-23-7-12-26-22(18-23)6-13-27(30-26)33-19-20-2-8-25(33)9-3-20/h4-7,10-13,18,20,25H,2-3,8-9,14-17,19H2,1H3,(H,29,34). The molecule has 1 amide bonds. The van der Waals surface area contributed by atoms with E-state index in [-0.39, 0.29) is 5.91 Å². The van der Waals surface area contributed by atoms with E-state index in [9.17, 15) is 4.79 Å². The van der Waals surface area contributed by atoms with Crippen LogP contribution in [0.5, 0.6) is 0 Å². The van der Waals surface area contributed by atoms with E-state index < -0.39 is 0 Å². The van der Waals surface area contributed by atoms with E-state index in [4.69, 9.17) is 4.98 Å². The molecule has 6 nitrogen and oxygen atoms in total. The number of rotatable bonds is 4. The summed E-state index contributed by atoms with van der Waals surface area (Å²) in [6.45, 7) is 5.33. The number of pyridine rings is 1. The molecule has 1 saturated carbocycles. The predicted octanol–water partition coefficient (Wildman–Crippen LogP) is 4.62. The second-order valence-electron chi connectivity index (χ2n) is 10.2. The van der Waals surface area contributed by atoms with E-state index in [0.717, 1.165) is 61.0 Å². The van der Waals surface area contributed by atoms with Gasteiger partial charge in [0.15, 0.2) is 0 Å². The van der Waals surface area contributed by atoms with Gasteiger partial charge >= 0.3 is 0 Å². The zero-order valence-electron chi connectivity index (χ0n) is 19.9. The molecule has 4 fully saturated rings. The molecule has 1 N–H and O–H groups in total. The Bertz CT molecular complexity index is 1180. The highest BCUT2D eigenvalue weighted by Crippen LogP contribution is 2.37. The van der Waals surface area contributed by atoms with E-state index in [2.05, 4.69) is 51.3 Å². The molecule has 4 aliphatic rings. The van der Waals surface area contributed by atoms with Gasteiger partial charge in [-0.3, -0.25) is 4.79 Å². The Labute approximate surface area is 201 Å². The third kappa shape index (κ3) is 4.23. The summed E-state index contributed by atoms with van der Waals surface area (Å²) in [6.07, 6.45) is 5.34. The number of piperidine rings is 2. The summed E-state index contributed by atoms with van der Waals surface area (Å²) in [6, 6.07) is 18.9. The lowest BCUT2D eigenvalue weighted by Crippen LogP contribution is -2.48. The molecule has 0 atom stereocenters. The molecule has 3 saturated heterocycles. The molecule has 0 spiro atoms. The lowest BCUT2D eigenvalue weighted by Gasteiger charge is -2.46. The fourth-order valence-electron chi connectivity index (χ4n) is 5.79. The molecule has 4 heterocycles. The Hall–Kier alpha value is -3.12. The Morgan fingerprint density at radius 2 is 1.68 bits per heavy atom. The SMILES string of the molecule is CN1CCN(c2ccc(C(=O)Nc3ccc4nc(N5CC6CCC5CC6)ccc4c3)cc2)CC1. The first-order valence-electron chi connectivity index (χ1n) is 12.6. The molecular formula is C28H33N5O. The van der Waals surface area contributed by atoms with Gasteiger partial charge < -0.3 is 20.0 Å². The Morgan fingerprint density at radius 3 is 2.38 bits per heavy atom. The predicted molar refractivity (Wildman–Crippen MR) is 139 cm³/mol. The van der Waals surface area contributed by atoms with Crippen molar-refractivity contribution in [3.05, 3.63) is 60.2 Å². The average Bonchev–Trinajstić information content (AvgIpc) is 2.89. The number of hydrogen-bond donors (Lipinski definition) is 1. The second-order valence-corrected chi connectivity index (χ2v) is 10.2. The summed E-state index contributed by atoms with van der Waals surface area (Å²) in [7, 11) is 2.16. The maximum absolute atomic E-state index is 12.9. The van der Waals surface area contributed by atoms with Gasteiger partial charge in [0.1, 0.15) is 5.82 Å². The first-order chi connectivity index (χ1) is 16.6. The van der Waals surface area contributed by atoms with E-state index in [1.807, 2.05) is 30.3 Å². The minimum absolute atomic E-state index is 0.0850. The Morgan fingerprint density at radius 1 is 0.912 bits per heavy atom. The first-order valence-corrected chi connectivity index (χ1v) is 12.6. The normalized spacial score (nSPS) is 22.9. The van der Waals surface area contributed by atoms with E-state index in [0.29, 0.717) is 11.6 Å². The molecule has 7 rings (SSSR count). The van der Waals surface area contributed by atoms with E-state index in [1.165, 1.54) is 31.4 Å². The Balaban J connectivity index is 1.14. The van der Waals surface area contributed by atoms with Crippen molar-refractivity contribution in [3.63, 3.8) is 0 Å². The summed E-state index contributed by atoms with van der Waals surface area (Å²) >= 11 is 0. The zero-order chi connectivity index (χ0) is 23.1. The lowest BCUT2D eigenvalue weighted by molar-refractivity contribution is 0.102. The zero-order valence-corrected chi connectivity index (χ0v) is 19.9. The highest BCUT2D eigenvalue weighted by Gasteiger charge is 2.34. The topological polar surface area (TPSA) is 51.7 Å². The number of carbonyl (C=O) groups is 1. The van der Waals surface area contributed by atoms with Crippen LogP contribution >= 0.6 is 0 Å². The lowest BCUT2D eigenvalue weighted by atomic mass is 9.80. The highest BCUT2D eigenvalue weighted by atomic mass is 16.1. The van der Waals surface area contributed by atoms with Crippen molar-refractivity contribution in [1.82, 2.24) is 9.88 Å². The van der Waals surface area contributed by atoms with Crippen molar-refractivity contribution >= 4 is 34.0 Å². The van der Waals surface area contributed by atoms with Gasteiger partial charge in [-0.25, -0.2) is 4.98 Å². The molecule has 1 aromatic heterocycles. The monoisotopic (exact) mass is 455 g/mol. The molecular weight excluding hydrogens is 422 g/mol. The van der Waals surface area contributed by atoms with Crippen LogP contribution in [-0.4, -0.2) is 61.6 Å². The minimum Gasteiger partial charge on any atom is -0.369 e. The smallest absolute Gasteiger partial charge is 0.255 e. The number of piperazine rings is 1. The van der Waals surface area contributed by atoms with Crippen LogP contribution in [0.1, 0.15) is 36.0 Å². The van der Waals surface area contributed by atoms with Crippen molar-refractivity contribution in [1.29, 1.82) is 0 Å². The van der Waals surface area contributed by atoms with Gasteiger partial charge in [0, 0.05) is 61.1 Å². The summed E-state index contributed by atoms with van der Waals surface area (Å²) in [5.41, 5.74) is 3.63. The van der Waals surface area contributed by atoms with Crippen molar-refractivity contribution in [2.75, 3.05) is 54.9 Å². The first kappa shape index (κ1) is 21.4. The number of likely N-dealkylation sites (N-methyl/N-ethyl adjacent to an activating group) is 1. The minimum atomic E-state index is -0.0850. The van der Waals surface area contributed by atoms with E-state index in [1.54, 1.807) is 0 Å². The van der Waals surface area contributed by atoms with Crippen molar-refractivity contribution in [2.24, 2.45) is 5.92 Å². The molecule has 176 valence electrons. The van der Waals surface area contributed by atoms with Crippen molar-refractivity contribution in [2.45, 2.75) is 31.7 Å². The molecule has 1 aliphatic carbocycles. The van der Waals surface area contributed by atoms with Gasteiger partial charge in [-0.1, -0.05) is 0 Å². The van der Waals surface area contributed by atoms with Gasteiger partial charge in [0.2, 0.25) is 0 Å². The van der Waals surface area contributed by atoms with Gasteiger partial charge in [-0.2, -0.15) is 0 Å². The number of anilines is 3. The van der Waals surface area contributed by atoms with Crippen LogP contribution in [0.15, 0.2) is 54.6 Å². The number of carbonyl (C=O) groups excluding carboxylic acids is 1. The van der Waals surface area contributed by atoms with Gasteiger partial charge in [0.25, 0.3) is 5.91 Å². The average molecular weight is 456 g/mol. The summed E-state index contributed by atoms with van der Waals surface area (Å²) in [5, 5.41) is 4.11. The van der Waals surface area contributed by atoms with E-state index >= 15 is 0 Å². The van der Waals surface area contributed by atoms with Crippen LogP contribution in [-0.2, 0) is 0 Å². The van der Waals surface area contributed by atoms with Crippen LogP contribution in [0.25, 0.3) is 10.9 Å². The van der Waals surface area contributed by atoms with Crippen LogP contribution in [0.2, 0.25) is 0 Å². The van der Waals surface area contributed by atoms with Gasteiger partial charge in [-0.15, -0.1) is 0 Å². The third-order valence-corrected chi connectivity index (χ3v) is 7.94. The number of benzene rings is 2. The summed E-state index contributed by atoms with van der Waals surface area (Å²) in [5.74, 6) is 1.84. The Kier molecular flexibility index (Phi) is 5.61. The summed E-state index contributed by atoms with van der Waals surface area (Å²) in [4.78, 5) is 25.1. The van der Waals surface area contributed by atoms with Crippen molar-refractivity contribution < 1.29 is 4.79 Å². The number of amides is 1. The van der Waals surface area contributed by atoms with Crippen LogP contribution in [0.4, 0.5) is 17.2 Å². The molecule has 6 heteroatoms. The largest absolute Gasteiger partial charge is 0.369 e. The summed E-state index contributed by atoms with van der Waals surface area (Å²) < 4.78 is 0. The number of nitrogens with one attached hydrogen (secondary N) is 1. The van der Waals surface area contributed by atoms with Crippen LogP contribution < -0.4 is 15.1 Å². The number of nitrogens with zero attached hydrogens (tertiary/aromatic N) is 4. The molecule has 34 heavy (non-hydrogen) atoms. The third-order valence-electron chi connectivity index (χ3n) is 7.94. The van der Waals surface area contributed by atoms with Gasteiger partial charge in [-0.05, 0) is 93.2 Å². The molecule has 0 unspecified atom stereocenters. The molecule has 2 aromatic carbocycles. The quantitative estimate of drug-likeness (QED) is 0.622. The molecule has 0 radical (unpaired) electrons. The molecule has 3 aromatic rings. The number of aromatic nitrogens is 1. The molecule has 2 bridgehead atoms. The van der Waals surface area contributed by atoms with Gasteiger partial charge in [0.05, 0.1) is 5.52 Å². The maximum Gasteiger partial charge on any atom is 0.255 e. The van der Waals surface area contributed by atoms with Crippen molar-refractivity contribution in [3.8, 4) is 0 Å².